The van der Waals surface area contributed by atoms with E-state index in [0.29, 0.717) is 18.0 Å². The van der Waals surface area contributed by atoms with Gasteiger partial charge in [0.1, 0.15) is 5.82 Å². The Balaban J connectivity index is 1.53. The number of nitrogens with one attached hydrogen (secondary N) is 1. The van der Waals surface area contributed by atoms with E-state index in [9.17, 15) is 9.18 Å². The molecular weight excluding hydrogens is 457 g/mol. The molecule has 1 amide bonds. The quantitative estimate of drug-likeness (QED) is 0.442. The predicted molar refractivity (Wildman–Crippen MR) is 136 cm³/mol. The number of hydrogen-bond donors (Lipinski definition) is 1. The molecular formula is C26H23ClFN3OS. The second-order valence-corrected chi connectivity index (χ2v) is 9.29. The van der Waals surface area contributed by atoms with Gasteiger partial charge in [-0.3, -0.25) is 9.79 Å². The van der Waals surface area contributed by atoms with Gasteiger partial charge in [-0.25, -0.2) is 9.38 Å². The van der Waals surface area contributed by atoms with Crippen molar-refractivity contribution in [3.8, 4) is 0 Å². The predicted octanol–water partition coefficient (Wildman–Crippen LogP) is 6.70. The summed E-state index contributed by atoms with van der Waals surface area (Å²) in [6.45, 7) is 4.45. The first-order chi connectivity index (χ1) is 15.9. The third-order valence-corrected chi connectivity index (χ3v) is 6.74. The molecule has 4 nitrogen and oxygen atoms in total. The Morgan fingerprint density at radius 1 is 1.03 bits per heavy atom. The maximum absolute atomic E-state index is 13.5. The Hall–Kier alpha value is -2.96. The van der Waals surface area contributed by atoms with Crippen molar-refractivity contribution in [2.75, 3.05) is 5.75 Å². The molecule has 4 rings (SSSR count). The maximum Gasteiger partial charge on any atom is 0.230 e. The number of amides is 1. The number of thioether (sulfide) groups is 1. The highest BCUT2D eigenvalue weighted by Crippen LogP contribution is 2.36. The van der Waals surface area contributed by atoms with E-state index in [-0.39, 0.29) is 17.5 Å². The molecule has 168 valence electrons. The van der Waals surface area contributed by atoms with Crippen LogP contribution in [-0.4, -0.2) is 22.4 Å². The number of fused-ring (bicyclic) bond motifs is 1. The normalized spacial score (nSPS) is 13.0. The van der Waals surface area contributed by atoms with Gasteiger partial charge in [0.2, 0.25) is 5.91 Å². The molecule has 0 aliphatic carbocycles. The maximum atomic E-state index is 13.5. The monoisotopic (exact) mass is 479 g/mol. The van der Waals surface area contributed by atoms with Gasteiger partial charge < -0.3 is 5.32 Å². The first-order valence-electron chi connectivity index (χ1n) is 10.5. The second-order valence-electron chi connectivity index (χ2n) is 7.83. The van der Waals surface area contributed by atoms with Crippen LogP contribution in [0.5, 0.6) is 0 Å². The van der Waals surface area contributed by atoms with Crippen molar-refractivity contribution in [3.63, 3.8) is 0 Å². The van der Waals surface area contributed by atoms with Gasteiger partial charge >= 0.3 is 0 Å². The third-order valence-electron chi connectivity index (χ3n) is 5.39. The number of benzene rings is 3. The summed E-state index contributed by atoms with van der Waals surface area (Å²) >= 11 is 7.55. The van der Waals surface area contributed by atoms with Gasteiger partial charge in [0.05, 0.1) is 27.9 Å². The molecule has 33 heavy (non-hydrogen) atoms. The zero-order chi connectivity index (χ0) is 23.4. The highest BCUT2D eigenvalue weighted by atomic mass is 35.5. The molecule has 0 unspecified atom stereocenters. The van der Waals surface area contributed by atoms with E-state index < -0.39 is 0 Å². The van der Waals surface area contributed by atoms with Crippen LogP contribution in [0.3, 0.4) is 0 Å². The van der Waals surface area contributed by atoms with Gasteiger partial charge in [0, 0.05) is 18.0 Å². The lowest BCUT2D eigenvalue weighted by atomic mass is 10.1. The molecule has 1 N–H and O–H groups in total. The number of rotatable bonds is 5. The van der Waals surface area contributed by atoms with Gasteiger partial charge in [-0.1, -0.05) is 41.9 Å². The Morgan fingerprint density at radius 3 is 2.39 bits per heavy atom. The number of hydrogen-bond acceptors (Lipinski definition) is 4. The van der Waals surface area contributed by atoms with Gasteiger partial charge in [0.15, 0.2) is 0 Å². The molecule has 0 spiro atoms. The Morgan fingerprint density at radius 2 is 1.70 bits per heavy atom. The first-order valence-corrected chi connectivity index (χ1v) is 11.9. The Kier molecular flexibility index (Phi) is 7.26. The largest absolute Gasteiger partial charge is 0.351 e. The van der Waals surface area contributed by atoms with Crippen LogP contribution >= 0.6 is 23.4 Å². The zero-order valence-corrected chi connectivity index (χ0v) is 19.9. The van der Waals surface area contributed by atoms with Crippen LogP contribution in [0.25, 0.3) is 0 Å². The van der Waals surface area contributed by atoms with Crippen molar-refractivity contribution in [2.45, 2.75) is 26.8 Å². The van der Waals surface area contributed by atoms with Gasteiger partial charge in [-0.15, -0.1) is 11.8 Å². The number of carbonyl (C=O) groups is 1. The second kappa shape index (κ2) is 10.3. The number of carbonyl (C=O) groups excluding carboxylic acids is 1. The Labute approximate surface area is 202 Å². The van der Waals surface area contributed by atoms with E-state index in [1.165, 1.54) is 23.9 Å². The highest BCUT2D eigenvalue weighted by molar-refractivity contribution is 8.14. The van der Waals surface area contributed by atoms with Gasteiger partial charge in [-0.2, -0.15) is 0 Å². The first kappa shape index (κ1) is 23.2. The van der Waals surface area contributed by atoms with Crippen molar-refractivity contribution >= 4 is 51.4 Å². The molecule has 1 aliphatic rings. The van der Waals surface area contributed by atoms with E-state index in [1.54, 1.807) is 18.2 Å². The molecule has 0 saturated carbocycles. The zero-order valence-electron chi connectivity index (χ0n) is 18.4. The minimum Gasteiger partial charge on any atom is -0.351 e. The van der Waals surface area contributed by atoms with E-state index in [0.717, 1.165) is 44.4 Å². The SMILES string of the molecule is Cc1cc2c(cc1C)N=C(c1ccc(F)cc1)CC(SCC(=O)NCc1ccccc1Cl)=N2. The van der Waals surface area contributed by atoms with Crippen LogP contribution in [0.15, 0.2) is 70.6 Å². The topological polar surface area (TPSA) is 53.8 Å². The summed E-state index contributed by atoms with van der Waals surface area (Å²) in [5.41, 5.74) is 6.29. The van der Waals surface area contributed by atoms with E-state index in [2.05, 4.69) is 5.32 Å². The standard InChI is InChI=1S/C26H23ClFN3OS/c1-16-11-23-24(12-17(16)2)31-26(13-22(30-23)18-7-9-20(28)10-8-18)33-15-25(32)29-14-19-5-3-4-6-21(19)27/h3-12H,13-15H2,1-2H3,(H,29,32). The van der Waals surface area contributed by atoms with Crippen molar-refractivity contribution in [1.82, 2.24) is 5.32 Å². The van der Waals surface area contributed by atoms with E-state index in [4.69, 9.17) is 21.6 Å². The average molecular weight is 480 g/mol. The number of aryl methyl sites for hydroxylation is 2. The Bertz CT molecular complexity index is 1250. The highest BCUT2D eigenvalue weighted by Gasteiger charge is 2.18. The van der Waals surface area contributed by atoms with Crippen LogP contribution in [0.1, 0.15) is 28.7 Å². The van der Waals surface area contributed by atoms with Crippen molar-refractivity contribution in [1.29, 1.82) is 0 Å². The van der Waals surface area contributed by atoms with Gasteiger partial charge in [0.25, 0.3) is 0 Å². The molecule has 0 radical (unpaired) electrons. The van der Waals surface area contributed by atoms with Crippen LogP contribution in [0.4, 0.5) is 15.8 Å². The lowest BCUT2D eigenvalue weighted by molar-refractivity contribution is -0.118. The average Bonchev–Trinajstić information content (AvgIpc) is 2.97. The summed E-state index contributed by atoms with van der Waals surface area (Å²) in [5.74, 6) is -0.175. The molecule has 0 atom stereocenters. The molecule has 7 heteroatoms. The summed E-state index contributed by atoms with van der Waals surface area (Å²) < 4.78 is 13.5. The summed E-state index contributed by atoms with van der Waals surface area (Å²) in [4.78, 5) is 22.2. The fourth-order valence-electron chi connectivity index (χ4n) is 3.39. The lowest BCUT2D eigenvalue weighted by Gasteiger charge is -2.09. The lowest BCUT2D eigenvalue weighted by Crippen LogP contribution is -2.25. The fraction of sp³-hybridized carbons (Fsp3) is 0.192. The van der Waals surface area contributed by atoms with Gasteiger partial charge in [-0.05, 0) is 66.4 Å². The van der Waals surface area contributed by atoms with Crippen molar-refractivity contribution in [2.24, 2.45) is 9.98 Å². The molecule has 0 saturated heterocycles. The molecule has 0 bridgehead atoms. The van der Waals surface area contributed by atoms with Crippen LogP contribution < -0.4 is 5.32 Å². The minimum atomic E-state index is -0.293. The van der Waals surface area contributed by atoms with E-state index >= 15 is 0 Å². The molecule has 1 heterocycles. The molecule has 1 aliphatic heterocycles. The minimum absolute atomic E-state index is 0.104. The fourth-order valence-corrected chi connectivity index (χ4v) is 4.40. The van der Waals surface area contributed by atoms with Crippen molar-refractivity contribution in [3.05, 3.63) is 93.8 Å². The number of aliphatic imine (C=N–C) groups is 2. The van der Waals surface area contributed by atoms with Crippen LogP contribution in [-0.2, 0) is 11.3 Å². The summed E-state index contributed by atoms with van der Waals surface area (Å²) in [5, 5.41) is 4.32. The smallest absolute Gasteiger partial charge is 0.230 e. The molecule has 3 aromatic rings. The third kappa shape index (κ3) is 5.89. The van der Waals surface area contributed by atoms with E-state index in [1.807, 2.05) is 44.2 Å². The summed E-state index contributed by atoms with van der Waals surface area (Å²) in [6.07, 6.45) is 0.459. The number of nitrogens with zero attached hydrogens (tertiary/aromatic N) is 2. The van der Waals surface area contributed by atoms with Crippen LogP contribution in [0, 0.1) is 19.7 Å². The van der Waals surface area contributed by atoms with Crippen molar-refractivity contribution < 1.29 is 9.18 Å². The van der Waals surface area contributed by atoms with Crippen LogP contribution in [0.2, 0.25) is 5.02 Å². The molecule has 3 aromatic carbocycles. The summed E-state index contributed by atoms with van der Waals surface area (Å²) in [7, 11) is 0. The number of halogens is 2. The molecule has 0 aromatic heterocycles. The molecule has 0 fully saturated rings. The summed E-state index contributed by atoms with van der Waals surface area (Å²) in [6, 6.07) is 17.8.